The predicted molar refractivity (Wildman–Crippen MR) is 68.8 cm³/mol. The molecule has 0 radical (unpaired) electrons. The molecule has 98 valence electrons. The molecule has 3 nitrogen and oxygen atoms in total. The average Bonchev–Trinajstić information content (AvgIpc) is 2.26. The van der Waals surface area contributed by atoms with Gasteiger partial charge in [0.05, 0.1) is 19.8 Å². The SMILES string of the molecule is CCCNC(CC)COCCOCC(C)C. The van der Waals surface area contributed by atoms with E-state index in [1.54, 1.807) is 0 Å². The molecular formula is C13H29NO2. The Labute approximate surface area is 101 Å². The van der Waals surface area contributed by atoms with Crippen LogP contribution in [0, 0.1) is 5.92 Å². The second kappa shape index (κ2) is 11.4. The van der Waals surface area contributed by atoms with E-state index in [4.69, 9.17) is 9.47 Å². The molecule has 0 saturated heterocycles. The molecule has 0 saturated carbocycles. The number of nitrogens with one attached hydrogen (secondary N) is 1. The molecule has 0 aromatic rings. The van der Waals surface area contributed by atoms with Gasteiger partial charge in [-0.2, -0.15) is 0 Å². The summed E-state index contributed by atoms with van der Waals surface area (Å²) in [5, 5.41) is 3.46. The van der Waals surface area contributed by atoms with Crippen molar-refractivity contribution in [3.8, 4) is 0 Å². The third-order valence-corrected chi connectivity index (χ3v) is 2.32. The Morgan fingerprint density at radius 1 is 1.00 bits per heavy atom. The number of rotatable bonds is 11. The molecule has 16 heavy (non-hydrogen) atoms. The Morgan fingerprint density at radius 2 is 1.62 bits per heavy atom. The third kappa shape index (κ3) is 10.4. The van der Waals surface area contributed by atoms with Crippen molar-refractivity contribution in [1.82, 2.24) is 5.32 Å². The van der Waals surface area contributed by atoms with Gasteiger partial charge >= 0.3 is 0 Å². The zero-order chi connectivity index (χ0) is 12.2. The van der Waals surface area contributed by atoms with Crippen molar-refractivity contribution >= 4 is 0 Å². The average molecular weight is 231 g/mol. The van der Waals surface area contributed by atoms with Gasteiger partial charge in [0.1, 0.15) is 0 Å². The molecule has 0 spiro atoms. The fourth-order valence-electron chi connectivity index (χ4n) is 1.33. The van der Waals surface area contributed by atoms with E-state index in [-0.39, 0.29) is 0 Å². The van der Waals surface area contributed by atoms with Crippen LogP contribution in [0.3, 0.4) is 0 Å². The van der Waals surface area contributed by atoms with Gasteiger partial charge in [-0.25, -0.2) is 0 Å². The van der Waals surface area contributed by atoms with E-state index in [0.717, 1.165) is 26.2 Å². The lowest BCUT2D eigenvalue weighted by Gasteiger charge is -2.16. The van der Waals surface area contributed by atoms with Gasteiger partial charge < -0.3 is 14.8 Å². The summed E-state index contributed by atoms with van der Waals surface area (Å²) >= 11 is 0. The summed E-state index contributed by atoms with van der Waals surface area (Å²) in [6.45, 7) is 12.8. The van der Waals surface area contributed by atoms with E-state index < -0.39 is 0 Å². The first-order valence-electron chi connectivity index (χ1n) is 6.59. The predicted octanol–water partition coefficient (Wildman–Crippen LogP) is 2.45. The van der Waals surface area contributed by atoms with Crippen LogP contribution in [0.15, 0.2) is 0 Å². The van der Waals surface area contributed by atoms with E-state index in [1.165, 1.54) is 6.42 Å². The van der Waals surface area contributed by atoms with E-state index in [2.05, 4.69) is 33.0 Å². The van der Waals surface area contributed by atoms with Crippen LogP contribution in [0.2, 0.25) is 0 Å². The van der Waals surface area contributed by atoms with Gasteiger partial charge in [-0.3, -0.25) is 0 Å². The first-order valence-corrected chi connectivity index (χ1v) is 6.59. The van der Waals surface area contributed by atoms with Crippen LogP contribution in [-0.4, -0.2) is 39.0 Å². The van der Waals surface area contributed by atoms with Gasteiger partial charge in [0.2, 0.25) is 0 Å². The summed E-state index contributed by atoms with van der Waals surface area (Å²) < 4.78 is 11.0. The first-order chi connectivity index (χ1) is 7.70. The Kier molecular flexibility index (Phi) is 11.3. The van der Waals surface area contributed by atoms with E-state index in [0.29, 0.717) is 25.2 Å². The molecule has 0 heterocycles. The van der Waals surface area contributed by atoms with Crippen LogP contribution in [0.1, 0.15) is 40.5 Å². The number of hydrogen-bond donors (Lipinski definition) is 1. The smallest absolute Gasteiger partial charge is 0.0701 e. The Morgan fingerprint density at radius 3 is 2.12 bits per heavy atom. The van der Waals surface area contributed by atoms with Crippen molar-refractivity contribution in [3.63, 3.8) is 0 Å². The lowest BCUT2D eigenvalue weighted by Crippen LogP contribution is -2.33. The molecule has 1 unspecified atom stereocenters. The maximum atomic E-state index is 5.58. The third-order valence-electron chi connectivity index (χ3n) is 2.32. The van der Waals surface area contributed by atoms with Gasteiger partial charge in [0, 0.05) is 12.6 Å². The van der Waals surface area contributed by atoms with E-state index in [1.807, 2.05) is 0 Å². The van der Waals surface area contributed by atoms with Crippen molar-refractivity contribution in [3.05, 3.63) is 0 Å². The maximum absolute atomic E-state index is 5.58. The summed E-state index contributed by atoms with van der Waals surface area (Å²) in [6, 6.07) is 0.491. The summed E-state index contributed by atoms with van der Waals surface area (Å²) in [6.07, 6.45) is 2.29. The molecule has 0 aliphatic rings. The zero-order valence-electron chi connectivity index (χ0n) is 11.4. The lowest BCUT2D eigenvalue weighted by atomic mass is 10.2. The highest BCUT2D eigenvalue weighted by Gasteiger charge is 2.04. The number of hydrogen-bond acceptors (Lipinski definition) is 3. The van der Waals surface area contributed by atoms with Crippen molar-refractivity contribution in [2.45, 2.75) is 46.6 Å². The fraction of sp³-hybridized carbons (Fsp3) is 1.00. The molecular weight excluding hydrogens is 202 g/mol. The van der Waals surface area contributed by atoms with Crippen LogP contribution < -0.4 is 5.32 Å². The van der Waals surface area contributed by atoms with Gasteiger partial charge in [-0.15, -0.1) is 0 Å². The van der Waals surface area contributed by atoms with Crippen LogP contribution >= 0.6 is 0 Å². The van der Waals surface area contributed by atoms with Crippen molar-refractivity contribution in [2.75, 3.05) is 33.0 Å². The molecule has 0 aliphatic heterocycles. The van der Waals surface area contributed by atoms with Gasteiger partial charge in [-0.1, -0.05) is 27.7 Å². The molecule has 0 rings (SSSR count). The standard InChI is InChI=1S/C13H29NO2/c1-5-7-14-13(6-2)11-16-9-8-15-10-12(3)4/h12-14H,5-11H2,1-4H3. The second-order valence-corrected chi connectivity index (χ2v) is 4.60. The minimum Gasteiger partial charge on any atom is -0.379 e. The van der Waals surface area contributed by atoms with Crippen LogP contribution in [-0.2, 0) is 9.47 Å². The second-order valence-electron chi connectivity index (χ2n) is 4.60. The highest BCUT2D eigenvalue weighted by molar-refractivity contribution is 4.62. The van der Waals surface area contributed by atoms with E-state index in [9.17, 15) is 0 Å². The minimum absolute atomic E-state index is 0.491. The van der Waals surface area contributed by atoms with Gasteiger partial charge in [0.25, 0.3) is 0 Å². The van der Waals surface area contributed by atoms with Crippen molar-refractivity contribution < 1.29 is 9.47 Å². The topological polar surface area (TPSA) is 30.5 Å². The van der Waals surface area contributed by atoms with Crippen LogP contribution in [0.5, 0.6) is 0 Å². The molecule has 0 aliphatic carbocycles. The van der Waals surface area contributed by atoms with Gasteiger partial charge in [0.15, 0.2) is 0 Å². The minimum atomic E-state index is 0.491. The van der Waals surface area contributed by atoms with Crippen LogP contribution in [0.4, 0.5) is 0 Å². The lowest BCUT2D eigenvalue weighted by molar-refractivity contribution is 0.0301. The van der Waals surface area contributed by atoms with Crippen molar-refractivity contribution in [1.29, 1.82) is 0 Å². The molecule has 1 atom stereocenters. The zero-order valence-corrected chi connectivity index (χ0v) is 11.4. The Hall–Kier alpha value is -0.120. The molecule has 0 bridgehead atoms. The number of ether oxygens (including phenoxy) is 2. The fourth-order valence-corrected chi connectivity index (χ4v) is 1.33. The van der Waals surface area contributed by atoms with E-state index >= 15 is 0 Å². The largest absolute Gasteiger partial charge is 0.379 e. The summed E-state index contributed by atoms with van der Waals surface area (Å²) in [4.78, 5) is 0. The van der Waals surface area contributed by atoms with Crippen LogP contribution in [0.25, 0.3) is 0 Å². The van der Waals surface area contributed by atoms with Gasteiger partial charge in [-0.05, 0) is 25.3 Å². The Balaban J connectivity index is 3.27. The maximum Gasteiger partial charge on any atom is 0.0701 e. The molecule has 0 amide bonds. The monoisotopic (exact) mass is 231 g/mol. The van der Waals surface area contributed by atoms with Crippen molar-refractivity contribution in [2.24, 2.45) is 5.92 Å². The summed E-state index contributed by atoms with van der Waals surface area (Å²) in [7, 11) is 0. The molecule has 1 N–H and O–H groups in total. The summed E-state index contributed by atoms with van der Waals surface area (Å²) in [5.41, 5.74) is 0. The molecule has 0 aromatic heterocycles. The highest BCUT2D eigenvalue weighted by atomic mass is 16.5. The molecule has 0 aromatic carbocycles. The normalized spacial score (nSPS) is 13.3. The highest BCUT2D eigenvalue weighted by Crippen LogP contribution is 1.94. The summed E-state index contributed by atoms with van der Waals surface area (Å²) in [5.74, 6) is 0.606. The molecule has 0 fully saturated rings. The Bertz CT molecular complexity index is 140. The first kappa shape index (κ1) is 15.9. The molecule has 3 heteroatoms. The quantitative estimate of drug-likeness (QED) is 0.554.